The lowest BCUT2D eigenvalue weighted by molar-refractivity contribution is 0.398. The Labute approximate surface area is 81.0 Å². The van der Waals surface area contributed by atoms with Gasteiger partial charge in [0.05, 0.1) is 7.11 Å². The number of hydrogen-bond acceptors (Lipinski definition) is 2. The summed E-state index contributed by atoms with van der Waals surface area (Å²) in [7, 11) is 1.63. The molecule has 2 heteroatoms. The maximum absolute atomic E-state index is 5.00. The first-order chi connectivity index (χ1) is 6.11. The summed E-state index contributed by atoms with van der Waals surface area (Å²) in [6, 6.07) is 0. The minimum absolute atomic E-state index is 0.418. The zero-order chi connectivity index (χ0) is 10.3. The van der Waals surface area contributed by atoms with E-state index < -0.39 is 0 Å². The van der Waals surface area contributed by atoms with Gasteiger partial charge in [-0.25, -0.2) is 4.99 Å². The SMILES string of the molecule is C\C=C/C=C(\N=C(/C)OC)C(C)C. The number of ether oxygens (including phenoxy) is 1. The molecule has 0 aliphatic rings. The van der Waals surface area contributed by atoms with E-state index in [0.717, 1.165) is 5.70 Å². The van der Waals surface area contributed by atoms with E-state index in [1.807, 2.05) is 32.1 Å². The third kappa shape index (κ3) is 5.23. The lowest BCUT2D eigenvalue weighted by Crippen LogP contribution is -1.98. The maximum atomic E-state index is 5.00. The van der Waals surface area contributed by atoms with E-state index in [-0.39, 0.29) is 0 Å². The Kier molecular flexibility index (Phi) is 5.94. The van der Waals surface area contributed by atoms with Crippen molar-refractivity contribution >= 4 is 5.90 Å². The standard InChI is InChI=1S/C11H19NO/c1-6-7-8-11(9(2)3)12-10(4)13-5/h6-9H,1-5H3/b7-6-,11-8-,12-10+. The van der Waals surface area contributed by atoms with Gasteiger partial charge in [-0.3, -0.25) is 0 Å². The molecule has 0 atom stereocenters. The Morgan fingerprint density at radius 1 is 1.38 bits per heavy atom. The highest BCUT2D eigenvalue weighted by Crippen LogP contribution is 2.11. The van der Waals surface area contributed by atoms with Gasteiger partial charge >= 0.3 is 0 Å². The zero-order valence-corrected chi connectivity index (χ0v) is 9.16. The monoisotopic (exact) mass is 181 g/mol. The first-order valence-electron chi connectivity index (χ1n) is 4.54. The van der Waals surface area contributed by atoms with Crippen LogP contribution in [-0.4, -0.2) is 13.0 Å². The molecule has 13 heavy (non-hydrogen) atoms. The van der Waals surface area contributed by atoms with Crippen LogP contribution in [0.15, 0.2) is 28.9 Å². The largest absolute Gasteiger partial charge is 0.484 e. The predicted octanol–water partition coefficient (Wildman–Crippen LogP) is 3.17. The number of hydrogen-bond donors (Lipinski definition) is 0. The van der Waals surface area contributed by atoms with Crippen molar-refractivity contribution in [2.75, 3.05) is 7.11 Å². The molecular weight excluding hydrogens is 162 g/mol. The van der Waals surface area contributed by atoms with Gasteiger partial charge in [-0.05, 0) is 18.9 Å². The summed E-state index contributed by atoms with van der Waals surface area (Å²) < 4.78 is 5.00. The van der Waals surface area contributed by atoms with Crippen molar-refractivity contribution in [3.05, 3.63) is 23.9 Å². The van der Waals surface area contributed by atoms with Gasteiger partial charge in [0, 0.05) is 12.6 Å². The molecule has 0 saturated carbocycles. The summed E-state index contributed by atoms with van der Waals surface area (Å²) in [5.41, 5.74) is 1.04. The molecule has 0 radical (unpaired) electrons. The van der Waals surface area contributed by atoms with Gasteiger partial charge in [0.2, 0.25) is 0 Å². The quantitative estimate of drug-likeness (QED) is 0.372. The van der Waals surface area contributed by atoms with Crippen molar-refractivity contribution in [2.24, 2.45) is 10.9 Å². The van der Waals surface area contributed by atoms with Crippen LogP contribution in [0, 0.1) is 5.92 Å². The minimum Gasteiger partial charge on any atom is -0.484 e. The Balaban J connectivity index is 4.62. The van der Waals surface area contributed by atoms with Crippen LogP contribution in [-0.2, 0) is 4.74 Å². The first-order valence-corrected chi connectivity index (χ1v) is 4.54. The molecule has 0 aromatic rings. The molecule has 0 bridgehead atoms. The van der Waals surface area contributed by atoms with Crippen molar-refractivity contribution in [1.82, 2.24) is 0 Å². The summed E-state index contributed by atoms with van der Waals surface area (Å²) in [5.74, 6) is 1.12. The van der Waals surface area contributed by atoms with E-state index in [4.69, 9.17) is 4.74 Å². The second kappa shape index (κ2) is 6.46. The van der Waals surface area contributed by atoms with E-state index in [0.29, 0.717) is 11.8 Å². The van der Waals surface area contributed by atoms with E-state index in [2.05, 4.69) is 18.8 Å². The Hall–Kier alpha value is -1.05. The molecule has 0 heterocycles. The molecule has 0 amide bonds. The van der Waals surface area contributed by atoms with Crippen LogP contribution in [0.5, 0.6) is 0 Å². The summed E-state index contributed by atoms with van der Waals surface area (Å²) in [5, 5.41) is 0. The molecule has 0 aromatic heterocycles. The normalized spacial score (nSPS) is 14.3. The average Bonchev–Trinajstić information content (AvgIpc) is 2.11. The molecule has 0 N–H and O–H groups in total. The maximum Gasteiger partial charge on any atom is 0.184 e. The van der Waals surface area contributed by atoms with Gasteiger partial charge in [-0.15, -0.1) is 0 Å². The fourth-order valence-electron chi connectivity index (χ4n) is 0.781. The van der Waals surface area contributed by atoms with Gasteiger partial charge in [-0.2, -0.15) is 0 Å². The molecule has 74 valence electrons. The molecular formula is C11H19NO. The van der Waals surface area contributed by atoms with Gasteiger partial charge in [0.1, 0.15) is 0 Å². The number of rotatable bonds is 3. The molecule has 0 fully saturated rings. The molecule has 0 rings (SSSR count). The molecule has 0 saturated heterocycles. The lowest BCUT2D eigenvalue weighted by atomic mass is 10.1. The summed E-state index contributed by atoms with van der Waals surface area (Å²) in [6.07, 6.45) is 5.98. The third-order valence-corrected chi connectivity index (χ3v) is 1.63. The third-order valence-electron chi connectivity index (χ3n) is 1.63. The van der Waals surface area contributed by atoms with Crippen molar-refractivity contribution < 1.29 is 4.74 Å². The van der Waals surface area contributed by atoms with E-state index >= 15 is 0 Å². The Morgan fingerprint density at radius 2 is 2.00 bits per heavy atom. The van der Waals surface area contributed by atoms with Gasteiger partial charge in [-0.1, -0.05) is 26.0 Å². The van der Waals surface area contributed by atoms with Crippen LogP contribution in [0.1, 0.15) is 27.7 Å². The molecule has 0 aromatic carbocycles. The highest BCUT2D eigenvalue weighted by atomic mass is 16.5. The van der Waals surface area contributed by atoms with Crippen molar-refractivity contribution in [1.29, 1.82) is 0 Å². The van der Waals surface area contributed by atoms with Crippen LogP contribution >= 0.6 is 0 Å². The number of allylic oxidation sites excluding steroid dienone is 4. The average molecular weight is 181 g/mol. The fourth-order valence-corrected chi connectivity index (χ4v) is 0.781. The van der Waals surface area contributed by atoms with Crippen molar-refractivity contribution in [3.63, 3.8) is 0 Å². The first kappa shape index (κ1) is 11.9. The molecule has 0 aliphatic carbocycles. The second-order valence-corrected chi connectivity index (χ2v) is 3.11. The highest BCUT2D eigenvalue weighted by Gasteiger charge is 2.00. The van der Waals surface area contributed by atoms with Gasteiger partial charge in [0.25, 0.3) is 0 Å². The topological polar surface area (TPSA) is 21.6 Å². The van der Waals surface area contributed by atoms with E-state index in [9.17, 15) is 0 Å². The van der Waals surface area contributed by atoms with Crippen LogP contribution in [0.2, 0.25) is 0 Å². The summed E-state index contributed by atoms with van der Waals surface area (Å²) in [4.78, 5) is 4.34. The van der Waals surface area contributed by atoms with Gasteiger partial charge in [0.15, 0.2) is 5.90 Å². The fraction of sp³-hybridized carbons (Fsp3) is 0.545. The summed E-state index contributed by atoms with van der Waals surface area (Å²) in [6.45, 7) is 8.07. The Bertz CT molecular complexity index is 224. The van der Waals surface area contributed by atoms with Gasteiger partial charge < -0.3 is 4.74 Å². The Morgan fingerprint density at radius 3 is 2.38 bits per heavy atom. The highest BCUT2D eigenvalue weighted by molar-refractivity contribution is 5.74. The predicted molar refractivity (Wildman–Crippen MR) is 57.9 cm³/mol. The van der Waals surface area contributed by atoms with Crippen LogP contribution in [0.25, 0.3) is 0 Å². The smallest absolute Gasteiger partial charge is 0.184 e. The van der Waals surface area contributed by atoms with Crippen LogP contribution in [0.4, 0.5) is 0 Å². The number of nitrogens with zero attached hydrogens (tertiary/aromatic N) is 1. The zero-order valence-electron chi connectivity index (χ0n) is 9.16. The van der Waals surface area contributed by atoms with Crippen LogP contribution < -0.4 is 0 Å². The summed E-state index contributed by atoms with van der Waals surface area (Å²) >= 11 is 0. The molecule has 0 spiro atoms. The van der Waals surface area contributed by atoms with Crippen molar-refractivity contribution in [2.45, 2.75) is 27.7 Å². The second-order valence-electron chi connectivity index (χ2n) is 3.11. The van der Waals surface area contributed by atoms with Crippen LogP contribution in [0.3, 0.4) is 0 Å². The molecule has 0 aliphatic heterocycles. The minimum atomic E-state index is 0.418. The molecule has 2 nitrogen and oxygen atoms in total. The number of methoxy groups -OCH3 is 1. The van der Waals surface area contributed by atoms with E-state index in [1.54, 1.807) is 7.11 Å². The lowest BCUT2D eigenvalue weighted by Gasteiger charge is -2.06. The van der Waals surface area contributed by atoms with Crippen molar-refractivity contribution in [3.8, 4) is 0 Å². The molecule has 0 unspecified atom stereocenters. The number of aliphatic imine (C=N–C) groups is 1. The van der Waals surface area contributed by atoms with E-state index in [1.165, 1.54) is 0 Å².